The van der Waals surface area contributed by atoms with Gasteiger partial charge in [0.25, 0.3) is 5.91 Å². The molecule has 0 saturated carbocycles. The third kappa shape index (κ3) is 3.95. The highest BCUT2D eigenvalue weighted by Gasteiger charge is 2.10. The van der Waals surface area contributed by atoms with Gasteiger partial charge < -0.3 is 10.3 Å². The Morgan fingerprint density at radius 3 is 2.78 bits per heavy atom. The highest BCUT2D eigenvalue weighted by molar-refractivity contribution is 7.98. The lowest BCUT2D eigenvalue weighted by Crippen LogP contribution is -2.29. The molecule has 0 spiro atoms. The fourth-order valence-corrected chi connectivity index (χ4v) is 3.66. The highest BCUT2D eigenvalue weighted by atomic mass is 32.2. The Morgan fingerprint density at radius 2 is 1.93 bits per heavy atom. The molecule has 4 rings (SSSR count). The number of fused-ring (bicyclic) bond motifs is 2. The fraction of sp³-hybridized carbons (Fsp3) is 0.190. The number of aromatic amines is 1. The maximum atomic E-state index is 12.2. The molecule has 0 fully saturated rings. The first-order chi connectivity index (χ1) is 13.1. The molecule has 0 atom stereocenters. The van der Waals surface area contributed by atoms with Crippen molar-refractivity contribution in [2.75, 3.05) is 0 Å². The van der Waals surface area contributed by atoms with E-state index in [2.05, 4.69) is 27.4 Å². The molecule has 4 aromatic rings. The molecule has 0 bridgehead atoms. The van der Waals surface area contributed by atoms with Gasteiger partial charge in [-0.1, -0.05) is 36.0 Å². The zero-order valence-electron chi connectivity index (χ0n) is 15.2. The number of nitrogens with one attached hydrogen (secondary N) is 2. The lowest BCUT2D eigenvalue weighted by atomic mass is 10.2. The number of amides is 1. The van der Waals surface area contributed by atoms with E-state index < -0.39 is 0 Å². The van der Waals surface area contributed by atoms with Gasteiger partial charge in [0.05, 0.1) is 22.2 Å². The Kier molecular flexibility index (Phi) is 4.81. The Hall–Kier alpha value is -2.86. The predicted molar refractivity (Wildman–Crippen MR) is 110 cm³/mol. The molecule has 0 aliphatic rings. The molecule has 27 heavy (non-hydrogen) atoms. The van der Waals surface area contributed by atoms with Gasteiger partial charge in [-0.2, -0.15) is 0 Å². The predicted octanol–water partition coefficient (Wildman–Crippen LogP) is 4.54. The number of benzene rings is 2. The summed E-state index contributed by atoms with van der Waals surface area (Å²) in [5.41, 5.74) is 4.36. The van der Waals surface area contributed by atoms with Crippen LogP contribution in [0, 0.1) is 0 Å². The SMILES string of the molecule is CC(C)NC(=O)c1ccc2nc(SCc3ccc4ccccc4n3)[nH]c2c1. The average Bonchev–Trinajstić information content (AvgIpc) is 3.07. The molecule has 0 aliphatic heterocycles. The maximum Gasteiger partial charge on any atom is 0.251 e. The summed E-state index contributed by atoms with van der Waals surface area (Å²) in [5, 5.41) is 4.87. The van der Waals surface area contributed by atoms with Gasteiger partial charge in [-0.3, -0.25) is 9.78 Å². The second kappa shape index (κ2) is 7.40. The minimum atomic E-state index is -0.0731. The van der Waals surface area contributed by atoms with Gasteiger partial charge in [-0.05, 0) is 44.2 Å². The molecular formula is C21H20N4OS. The first-order valence-corrected chi connectivity index (χ1v) is 9.85. The topological polar surface area (TPSA) is 70.7 Å². The van der Waals surface area contributed by atoms with Crippen LogP contribution in [0.5, 0.6) is 0 Å². The second-order valence-electron chi connectivity index (χ2n) is 6.69. The van der Waals surface area contributed by atoms with Crippen molar-refractivity contribution < 1.29 is 4.79 Å². The van der Waals surface area contributed by atoms with Crippen LogP contribution < -0.4 is 5.32 Å². The summed E-state index contributed by atoms with van der Waals surface area (Å²) >= 11 is 1.60. The smallest absolute Gasteiger partial charge is 0.251 e. The molecule has 2 aromatic heterocycles. The third-order valence-electron chi connectivity index (χ3n) is 4.15. The first-order valence-electron chi connectivity index (χ1n) is 8.86. The molecule has 136 valence electrons. The fourth-order valence-electron chi connectivity index (χ4n) is 2.87. The summed E-state index contributed by atoms with van der Waals surface area (Å²) < 4.78 is 0. The number of nitrogens with zero attached hydrogens (tertiary/aromatic N) is 2. The number of pyridine rings is 1. The Labute approximate surface area is 161 Å². The standard InChI is InChI=1S/C21H20N4OS/c1-13(2)22-20(26)15-8-10-18-19(11-15)25-21(24-18)27-12-16-9-7-14-5-3-4-6-17(14)23-16/h3-11,13H,12H2,1-2H3,(H,22,26)(H,24,25). The molecule has 1 amide bonds. The van der Waals surface area contributed by atoms with Crippen molar-refractivity contribution in [1.29, 1.82) is 0 Å². The van der Waals surface area contributed by atoms with Gasteiger partial charge in [-0.25, -0.2) is 4.98 Å². The van der Waals surface area contributed by atoms with Crippen LogP contribution in [0.3, 0.4) is 0 Å². The summed E-state index contributed by atoms with van der Waals surface area (Å²) in [4.78, 5) is 24.8. The van der Waals surface area contributed by atoms with E-state index in [-0.39, 0.29) is 11.9 Å². The molecule has 0 saturated heterocycles. The van der Waals surface area contributed by atoms with E-state index in [1.807, 2.05) is 50.2 Å². The first kappa shape index (κ1) is 17.5. The van der Waals surface area contributed by atoms with E-state index >= 15 is 0 Å². The number of hydrogen-bond donors (Lipinski definition) is 2. The Balaban J connectivity index is 1.50. The van der Waals surface area contributed by atoms with E-state index in [1.54, 1.807) is 17.8 Å². The molecular weight excluding hydrogens is 356 g/mol. The van der Waals surface area contributed by atoms with Gasteiger partial charge in [0.15, 0.2) is 5.16 Å². The van der Waals surface area contributed by atoms with E-state index in [0.717, 1.165) is 38.5 Å². The summed E-state index contributed by atoms with van der Waals surface area (Å²) in [6, 6.07) is 17.9. The van der Waals surface area contributed by atoms with Crippen molar-refractivity contribution in [3.8, 4) is 0 Å². The van der Waals surface area contributed by atoms with Gasteiger partial charge >= 0.3 is 0 Å². The van der Waals surface area contributed by atoms with Crippen molar-refractivity contribution in [3.63, 3.8) is 0 Å². The van der Waals surface area contributed by atoms with Crippen LogP contribution in [-0.4, -0.2) is 26.9 Å². The van der Waals surface area contributed by atoms with Crippen molar-refractivity contribution in [1.82, 2.24) is 20.3 Å². The van der Waals surface area contributed by atoms with Crippen molar-refractivity contribution >= 4 is 39.6 Å². The van der Waals surface area contributed by atoms with Crippen LogP contribution in [0.15, 0.2) is 59.8 Å². The van der Waals surface area contributed by atoms with Crippen LogP contribution in [-0.2, 0) is 5.75 Å². The largest absolute Gasteiger partial charge is 0.350 e. The average molecular weight is 376 g/mol. The van der Waals surface area contributed by atoms with Gasteiger partial charge in [0, 0.05) is 22.7 Å². The Morgan fingerprint density at radius 1 is 1.07 bits per heavy atom. The van der Waals surface area contributed by atoms with Crippen LogP contribution >= 0.6 is 11.8 Å². The highest BCUT2D eigenvalue weighted by Crippen LogP contribution is 2.24. The summed E-state index contributed by atoms with van der Waals surface area (Å²) in [6.45, 7) is 3.89. The van der Waals surface area contributed by atoms with Crippen molar-refractivity contribution in [2.24, 2.45) is 0 Å². The van der Waals surface area contributed by atoms with Crippen LogP contribution in [0.2, 0.25) is 0 Å². The lowest BCUT2D eigenvalue weighted by molar-refractivity contribution is 0.0943. The summed E-state index contributed by atoms with van der Waals surface area (Å²) in [7, 11) is 0. The number of carbonyl (C=O) groups is 1. The number of hydrogen-bond acceptors (Lipinski definition) is 4. The summed E-state index contributed by atoms with van der Waals surface area (Å²) in [5.74, 6) is 0.654. The molecule has 0 unspecified atom stereocenters. The number of imidazole rings is 1. The maximum absolute atomic E-state index is 12.2. The number of aromatic nitrogens is 3. The van der Waals surface area contributed by atoms with Crippen LogP contribution in [0.4, 0.5) is 0 Å². The second-order valence-corrected chi connectivity index (χ2v) is 7.65. The molecule has 2 aromatic carbocycles. The zero-order chi connectivity index (χ0) is 18.8. The molecule has 6 heteroatoms. The normalized spacial score (nSPS) is 11.4. The number of para-hydroxylation sites is 1. The minimum Gasteiger partial charge on any atom is -0.350 e. The van der Waals surface area contributed by atoms with Crippen LogP contribution in [0.25, 0.3) is 21.9 Å². The molecule has 2 N–H and O–H groups in total. The van der Waals surface area contributed by atoms with Gasteiger partial charge in [0.1, 0.15) is 0 Å². The third-order valence-corrected chi connectivity index (χ3v) is 5.06. The van der Waals surface area contributed by atoms with E-state index in [0.29, 0.717) is 5.56 Å². The number of rotatable bonds is 5. The Bertz CT molecular complexity index is 1120. The van der Waals surface area contributed by atoms with E-state index in [4.69, 9.17) is 4.98 Å². The molecule has 0 aliphatic carbocycles. The molecule has 0 radical (unpaired) electrons. The summed E-state index contributed by atoms with van der Waals surface area (Å²) in [6.07, 6.45) is 0. The quantitative estimate of drug-likeness (QED) is 0.502. The number of H-pyrrole nitrogens is 1. The van der Waals surface area contributed by atoms with Crippen molar-refractivity contribution in [2.45, 2.75) is 30.8 Å². The zero-order valence-corrected chi connectivity index (χ0v) is 16.0. The van der Waals surface area contributed by atoms with Crippen molar-refractivity contribution in [3.05, 3.63) is 65.9 Å². The van der Waals surface area contributed by atoms with Gasteiger partial charge in [0.2, 0.25) is 0 Å². The molecule has 5 nitrogen and oxygen atoms in total. The van der Waals surface area contributed by atoms with E-state index in [1.165, 1.54) is 0 Å². The number of thioether (sulfide) groups is 1. The van der Waals surface area contributed by atoms with Gasteiger partial charge in [-0.15, -0.1) is 0 Å². The number of carbonyl (C=O) groups excluding carboxylic acids is 1. The van der Waals surface area contributed by atoms with Crippen LogP contribution in [0.1, 0.15) is 29.9 Å². The van der Waals surface area contributed by atoms with E-state index in [9.17, 15) is 4.79 Å². The minimum absolute atomic E-state index is 0.0731. The molecule has 2 heterocycles. The lowest BCUT2D eigenvalue weighted by Gasteiger charge is -2.07. The monoisotopic (exact) mass is 376 g/mol.